The van der Waals surface area contributed by atoms with Gasteiger partial charge in [-0.05, 0) is 50.3 Å². The third kappa shape index (κ3) is 3.46. The topological polar surface area (TPSA) is 15.3 Å². The molecule has 0 radical (unpaired) electrons. The van der Waals surface area contributed by atoms with Crippen LogP contribution in [0.3, 0.4) is 0 Å². The molecule has 2 fully saturated rings. The Balaban J connectivity index is 1.57. The molecule has 2 nitrogen and oxygen atoms in total. The zero-order chi connectivity index (χ0) is 14.7. The molecule has 1 saturated carbocycles. The van der Waals surface area contributed by atoms with Gasteiger partial charge in [-0.15, -0.1) is 0 Å². The van der Waals surface area contributed by atoms with Crippen molar-refractivity contribution in [3.8, 4) is 0 Å². The summed E-state index contributed by atoms with van der Waals surface area (Å²) in [6, 6.07) is 7.32. The maximum absolute atomic E-state index is 14.0. The predicted octanol–water partition coefficient (Wildman–Crippen LogP) is 3.60. The van der Waals surface area contributed by atoms with Gasteiger partial charge in [-0.1, -0.05) is 31.5 Å². The average molecular weight is 290 g/mol. The molecule has 116 valence electrons. The molecule has 3 unspecified atom stereocenters. The van der Waals surface area contributed by atoms with E-state index in [1.807, 2.05) is 12.1 Å². The SMILES string of the molecule is CCNC(CCN1CC2CCCC2C1)c1ccccc1F. The molecule has 1 N–H and O–H groups in total. The summed E-state index contributed by atoms with van der Waals surface area (Å²) in [5.74, 6) is 1.80. The Morgan fingerprint density at radius 2 is 1.95 bits per heavy atom. The van der Waals surface area contributed by atoms with Crippen molar-refractivity contribution >= 4 is 0 Å². The van der Waals surface area contributed by atoms with E-state index < -0.39 is 0 Å². The molecule has 0 bridgehead atoms. The zero-order valence-corrected chi connectivity index (χ0v) is 13.0. The van der Waals surface area contributed by atoms with Gasteiger partial charge in [-0.2, -0.15) is 0 Å². The Morgan fingerprint density at radius 3 is 2.62 bits per heavy atom. The number of benzene rings is 1. The first-order chi connectivity index (χ1) is 10.3. The number of nitrogens with zero attached hydrogens (tertiary/aromatic N) is 1. The van der Waals surface area contributed by atoms with Crippen molar-refractivity contribution in [2.24, 2.45) is 11.8 Å². The average Bonchev–Trinajstić information content (AvgIpc) is 3.05. The normalized spacial score (nSPS) is 27.0. The van der Waals surface area contributed by atoms with Crippen LogP contribution in [0.2, 0.25) is 0 Å². The predicted molar refractivity (Wildman–Crippen MR) is 84.7 cm³/mol. The van der Waals surface area contributed by atoms with Gasteiger partial charge in [0.05, 0.1) is 0 Å². The lowest BCUT2D eigenvalue weighted by molar-refractivity contribution is 0.288. The molecule has 1 aliphatic heterocycles. The molecule has 1 heterocycles. The fraction of sp³-hybridized carbons (Fsp3) is 0.667. The second kappa shape index (κ2) is 6.89. The molecule has 1 aromatic rings. The number of halogens is 1. The summed E-state index contributed by atoms with van der Waals surface area (Å²) < 4.78 is 14.0. The van der Waals surface area contributed by atoms with Gasteiger partial charge in [0.2, 0.25) is 0 Å². The van der Waals surface area contributed by atoms with E-state index in [1.165, 1.54) is 32.4 Å². The standard InChI is InChI=1S/C18H27FN2/c1-2-20-18(16-8-3-4-9-17(16)19)10-11-21-12-14-6-5-7-15(14)13-21/h3-4,8-9,14-15,18,20H,2,5-7,10-13H2,1H3. The molecule has 1 aliphatic carbocycles. The van der Waals surface area contributed by atoms with Gasteiger partial charge in [0, 0.05) is 24.7 Å². The number of rotatable bonds is 6. The van der Waals surface area contributed by atoms with E-state index in [-0.39, 0.29) is 11.9 Å². The molecule has 3 atom stereocenters. The van der Waals surface area contributed by atoms with Crippen molar-refractivity contribution in [2.45, 2.75) is 38.6 Å². The maximum Gasteiger partial charge on any atom is 0.127 e. The van der Waals surface area contributed by atoms with Crippen molar-refractivity contribution in [3.05, 3.63) is 35.6 Å². The molecule has 0 aromatic heterocycles. The summed E-state index contributed by atoms with van der Waals surface area (Å²) in [5.41, 5.74) is 0.818. The van der Waals surface area contributed by atoms with Crippen LogP contribution < -0.4 is 5.32 Å². The van der Waals surface area contributed by atoms with Crippen LogP contribution in [0.15, 0.2) is 24.3 Å². The van der Waals surface area contributed by atoms with Crippen LogP contribution in [0.5, 0.6) is 0 Å². The van der Waals surface area contributed by atoms with E-state index in [1.54, 1.807) is 12.1 Å². The zero-order valence-electron chi connectivity index (χ0n) is 13.0. The smallest absolute Gasteiger partial charge is 0.127 e. The highest BCUT2D eigenvalue weighted by molar-refractivity contribution is 5.21. The summed E-state index contributed by atoms with van der Waals surface area (Å²) in [7, 11) is 0. The minimum absolute atomic E-state index is 0.0817. The largest absolute Gasteiger partial charge is 0.310 e. The van der Waals surface area contributed by atoms with E-state index in [0.29, 0.717) is 0 Å². The van der Waals surface area contributed by atoms with Crippen LogP contribution in [-0.2, 0) is 0 Å². The fourth-order valence-electron chi connectivity index (χ4n) is 4.20. The summed E-state index contributed by atoms with van der Waals surface area (Å²) in [4.78, 5) is 2.60. The lowest BCUT2D eigenvalue weighted by Gasteiger charge is -2.23. The van der Waals surface area contributed by atoms with E-state index in [2.05, 4.69) is 17.1 Å². The van der Waals surface area contributed by atoms with Gasteiger partial charge >= 0.3 is 0 Å². The third-order valence-electron chi connectivity index (χ3n) is 5.27. The first-order valence-electron chi connectivity index (χ1n) is 8.48. The molecule has 21 heavy (non-hydrogen) atoms. The Kier molecular flexibility index (Phi) is 4.91. The Hall–Kier alpha value is -0.930. The van der Waals surface area contributed by atoms with Crippen molar-refractivity contribution in [3.63, 3.8) is 0 Å². The molecular weight excluding hydrogens is 263 g/mol. The highest BCUT2D eigenvalue weighted by atomic mass is 19.1. The van der Waals surface area contributed by atoms with Crippen molar-refractivity contribution in [2.75, 3.05) is 26.2 Å². The molecular formula is C18H27FN2. The quantitative estimate of drug-likeness (QED) is 0.861. The number of fused-ring (bicyclic) bond motifs is 1. The van der Waals surface area contributed by atoms with E-state index in [0.717, 1.165) is 36.9 Å². The highest BCUT2D eigenvalue weighted by Crippen LogP contribution is 2.37. The van der Waals surface area contributed by atoms with Crippen LogP contribution in [0.25, 0.3) is 0 Å². The molecule has 0 spiro atoms. The first kappa shape index (κ1) is 15.0. The Bertz CT molecular complexity index is 450. The minimum Gasteiger partial charge on any atom is -0.310 e. The van der Waals surface area contributed by atoms with Crippen LogP contribution >= 0.6 is 0 Å². The second-order valence-electron chi connectivity index (χ2n) is 6.63. The van der Waals surface area contributed by atoms with Crippen molar-refractivity contribution in [1.29, 1.82) is 0 Å². The molecule has 0 amide bonds. The summed E-state index contributed by atoms with van der Waals surface area (Å²) >= 11 is 0. The van der Waals surface area contributed by atoms with Gasteiger partial charge in [0.25, 0.3) is 0 Å². The molecule has 3 heteroatoms. The molecule has 1 saturated heterocycles. The maximum atomic E-state index is 14.0. The number of hydrogen-bond donors (Lipinski definition) is 1. The number of nitrogens with one attached hydrogen (secondary N) is 1. The van der Waals surface area contributed by atoms with Gasteiger partial charge < -0.3 is 10.2 Å². The van der Waals surface area contributed by atoms with Gasteiger partial charge in [0.1, 0.15) is 5.82 Å². The summed E-state index contributed by atoms with van der Waals surface area (Å²) in [5, 5.41) is 3.45. The van der Waals surface area contributed by atoms with Crippen molar-refractivity contribution < 1.29 is 4.39 Å². The van der Waals surface area contributed by atoms with Gasteiger partial charge in [-0.25, -0.2) is 4.39 Å². The highest BCUT2D eigenvalue weighted by Gasteiger charge is 2.35. The lowest BCUT2D eigenvalue weighted by Crippen LogP contribution is -2.29. The van der Waals surface area contributed by atoms with Crippen LogP contribution in [0, 0.1) is 17.7 Å². The van der Waals surface area contributed by atoms with Crippen LogP contribution in [0.1, 0.15) is 44.2 Å². The Labute approximate surface area is 127 Å². The third-order valence-corrected chi connectivity index (χ3v) is 5.27. The first-order valence-corrected chi connectivity index (χ1v) is 8.48. The second-order valence-corrected chi connectivity index (χ2v) is 6.63. The summed E-state index contributed by atoms with van der Waals surface area (Å²) in [6.45, 7) is 6.58. The van der Waals surface area contributed by atoms with Gasteiger partial charge in [-0.3, -0.25) is 0 Å². The number of likely N-dealkylation sites (tertiary alicyclic amines) is 1. The van der Waals surface area contributed by atoms with E-state index in [9.17, 15) is 4.39 Å². The molecule has 1 aromatic carbocycles. The van der Waals surface area contributed by atoms with E-state index in [4.69, 9.17) is 0 Å². The molecule has 3 rings (SSSR count). The van der Waals surface area contributed by atoms with Crippen molar-refractivity contribution in [1.82, 2.24) is 10.2 Å². The van der Waals surface area contributed by atoms with Gasteiger partial charge in [0.15, 0.2) is 0 Å². The monoisotopic (exact) mass is 290 g/mol. The van der Waals surface area contributed by atoms with E-state index >= 15 is 0 Å². The van der Waals surface area contributed by atoms with Crippen LogP contribution in [0.4, 0.5) is 4.39 Å². The number of hydrogen-bond acceptors (Lipinski definition) is 2. The summed E-state index contributed by atoms with van der Waals surface area (Å²) in [6.07, 6.45) is 5.27. The Morgan fingerprint density at radius 1 is 1.24 bits per heavy atom. The minimum atomic E-state index is -0.0817. The molecule has 2 aliphatic rings. The fourth-order valence-corrected chi connectivity index (χ4v) is 4.20. The lowest BCUT2D eigenvalue weighted by atomic mass is 10.0. The van der Waals surface area contributed by atoms with Crippen LogP contribution in [-0.4, -0.2) is 31.1 Å².